The van der Waals surface area contributed by atoms with Gasteiger partial charge < -0.3 is 14.7 Å². The number of nitrogens with one attached hydrogen (secondary N) is 1. The predicted octanol–water partition coefficient (Wildman–Crippen LogP) is 1.03. The summed E-state index contributed by atoms with van der Waals surface area (Å²) in [4.78, 5) is 16.9. The van der Waals surface area contributed by atoms with Crippen LogP contribution in [0, 0.1) is 13.8 Å². The molecule has 1 spiro atoms. The standard InChI is InChI=1S/C19H32N4O3/c1-5-18(4,25)10-22-11-19(12-22)13-23(8-9-26-19)17(24)7-6-16-14(2)20-21-15(16)3/h25H,5-13H2,1-4H3,(H,20,21). The zero-order valence-corrected chi connectivity index (χ0v) is 16.5. The van der Waals surface area contributed by atoms with Gasteiger partial charge in [-0.05, 0) is 39.2 Å². The first-order valence-corrected chi connectivity index (χ1v) is 9.60. The molecular formula is C19H32N4O3. The number of morpholine rings is 1. The number of carbonyl (C=O) groups excluding carboxylic acids is 1. The summed E-state index contributed by atoms with van der Waals surface area (Å²) < 4.78 is 6.02. The highest BCUT2D eigenvalue weighted by molar-refractivity contribution is 5.76. The van der Waals surface area contributed by atoms with Crippen LogP contribution in [0.2, 0.25) is 0 Å². The van der Waals surface area contributed by atoms with E-state index in [9.17, 15) is 9.90 Å². The number of rotatable bonds is 6. The van der Waals surface area contributed by atoms with Gasteiger partial charge in [-0.2, -0.15) is 5.10 Å². The number of nitrogens with zero attached hydrogens (tertiary/aromatic N) is 3. The topological polar surface area (TPSA) is 81.7 Å². The average Bonchev–Trinajstić information content (AvgIpc) is 2.89. The molecule has 1 amide bonds. The number of β-amino-alcohol motifs (C(OH)–C–C–N with tert-alkyl or cyclic N) is 1. The number of H-pyrrole nitrogens is 1. The van der Waals surface area contributed by atoms with E-state index in [2.05, 4.69) is 15.1 Å². The summed E-state index contributed by atoms with van der Waals surface area (Å²) in [6.07, 6.45) is 1.96. The number of aromatic amines is 1. The highest BCUT2D eigenvalue weighted by Crippen LogP contribution is 2.31. The molecule has 2 fully saturated rings. The molecule has 26 heavy (non-hydrogen) atoms. The molecule has 3 rings (SSSR count). The Morgan fingerprint density at radius 1 is 1.38 bits per heavy atom. The van der Waals surface area contributed by atoms with Crippen molar-refractivity contribution < 1.29 is 14.6 Å². The van der Waals surface area contributed by atoms with Crippen molar-refractivity contribution in [2.45, 2.75) is 58.2 Å². The second kappa shape index (κ2) is 7.29. The smallest absolute Gasteiger partial charge is 0.223 e. The average molecular weight is 364 g/mol. The second-order valence-electron chi connectivity index (χ2n) is 8.25. The second-order valence-corrected chi connectivity index (χ2v) is 8.25. The zero-order valence-electron chi connectivity index (χ0n) is 16.5. The maximum atomic E-state index is 12.7. The van der Waals surface area contributed by atoms with Gasteiger partial charge in [0.25, 0.3) is 0 Å². The number of hydrogen-bond acceptors (Lipinski definition) is 5. The fourth-order valence-electron chi connectivity index (χ4n) is 4.06. The summed E-state index contributed by atoms with van der Waals surface area (Å²) in [6.45, 7) is 12.0. The normalized spacial score (nSPS) is 22.3. The summed E-state index contributed by atoms with van der Waals surface area (Å²) in [7, 11) is 0. The molecule has 0 bridgehead atoms. The van der Waals surface area contributed by atoms with Gasteiger partial charge in [0.1, 0.15) is 5.60 Å². The van der Waals surface area contributed by atoms with Crippen LogP contribution in [0.5, 0.6) is 0 Å². The van der Waals surface area contributed by atoms with Crippen LogP contribution in [-0.4, -0.2) is 81.5 Å². The number of aromatic nitrogens is 2. The number of aliphatic hydroxyl groups is 1. The fraction of sp³-hybridized carbons (Fsp3) is 0.789. The maximum absolute atomic E-state index is 12.7. The fourth-order valence-corrected chi connectivity index (χ4v) is 4.06. The molecule has 1 atom stereocenters. The highest BCUT2D eigenvalue weighted by atomic mass is 16.5. The zero-order chi connectivity index (χ0) is 18.9. The minimum atomic E-state index is -0.661. The van der Waals surface area contributed by atoms with Gasteiger partial charge in [-0.3, -0.25) is 14.8 Å². The molecule has 1 aromatic heterocycles. The van der Waals surface area contributed by atoms with Crippen LogP contribution in [-0.2, 0) is 16.0 Å². The van der Waals surface area contributed by atoms with Crippen LogP contribution in [0.15, 0.2) is 0 Å². The van der Waals surface area contributed by atoms with Gasteiger partial charge in [0.2, 0.25) is 5.91 Å². The molecule has 0 saturated carbocycles. The largest absolute Gasteiger partial charge is 0.389 e. The lowest BCUT2D eigenvalue weighted by molar-refractivity contribution is -0.196. The first kappa shape index (κ1) is 19.3. The molecule has 0 radical (unpaired) electrons. The Morgan fingerprint density at radius 2 is 2.12 bits per heavy atom. The van der Waals surface area contributed by atoms with Crippen molar-refractivity contribution in [2.24, 2.45) is 0 Å². The third-order valence-electron chi connectivity index (χ3n) is 5.82. The Kier molecular flexibility index (Phi) is 5.42. The maximum Gasteiger partial charge on any atom is 0.223 e. The third kappa shape index (κ3) is 4.10. The molecule has 1 aromatic rings. The molecule has 2 N–H and O–H groups in total. The Hall–Kier alpha value is -1.44. The van der Waals surface area contributed by atoms with Gasteiger partial charge in [0.15, 0.2) is 0 Å². The summed E-state index contributed by atoms with van der Waals surface area (Å²) in [6, 6.07) is 0. The summed E-state index contributed by atoms with van der Waals surface area (Å²) in [5.74, 6) is 0.187. The summed E-state index contributed by atoms with van der Waals surface area (Å²) in [5, 5.41) is 17.4. The molecule has 2 saturated heterocycles. The first-order chi connectivity index (χ1) is 12.2. The van der Waals surface area contributed by atoms with E-state index in [1.165, 1.54) is 0 Å². The van der Waals surface area contributed by atoms with Crippen LogP contribution in [0.25, 0.3) is 0 Å². The molecule has 2 aliphatic heterocycles. The number of hydrogen-bond donors (Lipinski definition) is 2. The number of amides is 1. The molecule has 146 valence electrons. The van der Waals surface area contributed by atoms with E-state index >= 15 is 0 Å². The Morgan fingerprint density at radius 3 is 2.73 bits per heavy atom. The van der Waals surface area contributed by atoms with E-state index < -0.39 is 5.60 Å². The highest BCUT2D eigenvalue weighted by Gasteiger charge is 2.49. The van der Waals surface area contributed by atoms with Crippen LogP contribution in [0.4, 0.5) is 0 Å². The lowest BCUT2D eigenvalue weighted by atomic mass is 9.89. The minimum Gasteiger partial charge on any atom is -0.389 e. The monoisotopic (exact) mass is 364 g/mol. The van der Waals surface area contributed by atoms with Crippen molar-refractivity contribution in [3.05, 3.63) is 17.0 Å². The van der Waals surface area contributed by atoms with E-state index in [1.807, 2.05) is 32.6 Å². The molecule has 0 aliphatic carbocycles. The minimum absolute atomic E-state index is 0.187. The van der Waals surface area contributed by atoms with Gasteiger partial charge in [-0.15, -0.1) is 0 Å². The van der Waals surface area contributed by atoms with E-state index in [0.29, 0.717) is 32.7 Å². The van der Waals surface area contributed by atoms with Crippen LogP contribution in [0.3, 0.4) is 0 Å². The SMILES string of the molecule is CCC(C)(O)CN1CC2(C1)CN(C(=O)CCc1c(C)n[nH]c1C)CCO2. The predicted molar refractivity (Wildman–Crippen MR) is 99.0 cm³/mol. The molecular weight excluding hydrogens is 332 g/mol. The van der Waals surface area contributed by atoms with Crippen molar-refractivity contribution >= 4 is 5.91 Å². The van der Waals surface area contributed by atoms with E-state index in [4.69, 9.17) is 4.74 Å². The van der Waals surface area contributed by atoms with Gasteiger partial charge in [0.05, 0.1) is 24.4 Å². The Labute approximate surface area is 155 Å². The van der Waals surface area contributed by atoms with Crippen molar-refractivity contribution in [1.29, 1.82) is 0 Å². The van der Waals surface area contributed by atoms with E-state index in [-0.39, 0.29) is 11.5 Å². The molecule has 0 aromatic carbocycles. The number of aryl methyl sites for hydroxylation is 2. The molecule has 7 heteroatoms. The van der Waals surface area contributed by atoms with Crippen molar-refractivity contribution in [3.63, 3.8) is 0 Å². The number of likely N-dealkylation sites (tertiary alicyclic amines) is 1. The Bertz CT molecular complexity index is 630. The number of ether oxygens (including phenoxy) is 1. The lowest BCUT2D eigenvalue weighted by Crippen LogP contribution is -2.71. The van der Waals surface area contributed by atoms with Crippen LogP contribution < -0.4 is 0 Å². The third-order valence-corrected chi connectivity index (χ3v) is 5.82. The van der Waals surface area contributed by atoms with Crippen LogP contribution in [0.1, 0.15) is 43.6 Å². The van der Waals surface area contributed by atoms with Gasteiger partial charge in [-0.25, -0.2) is 0 Å². The molecule has 2 aliphatic rings. The molecule has 7 nitrogen and oxygen atoms in total. The Balaban J connectivity index is 1.50. The van der Waals surface area contributed by atoms with Gasteiger partial charge in [0, 0.05) is 38.3 Å². The van der Waals surface area contributed by atoms with Crippen molar-refractivity contribution in [2.75, 3.05) is 39.3 Å². The van der Waals surface area contributed by atoms with Crippen molar-refractivity contribution in [3.8, 4) is 0 Å². The first-order valence-electron chi connectivity index (χ1n) is 9.60. The van der Waals surface area contributed by atoms with E-state index in [0.717, 1.165) is 42.9 Å². The summed E-state index contributed by atoms with van der Waals surface area (Å²) in [5.41, 5.74) is 2.27. The van der Waals surface area contributed by atoms with Gasteiger partial charge >= 0.3 is 0 Å². The summed E-state index contributed by atoms with van der Waals surface area (Å²) >= 11 is 0. The number of carbonyl (C=O) groups is 1. The lowest BCUT2D eigenvalue weighted by Gasteiger charge is -2.55. The quantitative estimate of drug-likeness (QED) is 0.788. The van der Waals surface area contributed by atoms with Crippen LogP contribution >= 0.6 is 0 Å². The van der Waals surface area contributed by atoms with Gasteiger partial charge in [-0.1, -0.05) is 6.92 Å². The van der Waals surface area contributed by atoms with E-state index in [1.54, 1.807) is 0 Å². The molecule has 1 unspecified atom stereocenters. The molecule has 3 heterocycles. The van der Waals surface area contributed by atoms with Crippen molar-refractivity contribution in [1.82, 2.24) is 20.0 Å².